The SMILES string of the molecule is O=C(O)CCNC(=O)c1ccc([C@H](O)C2CCCCC2)cc1. The lowest BCUT2D eigenvalue weighted by Crippen LogP contribution is -2.26. The molecule has 0 bridgehead atoms. The topological polar surface area (TPSA) is 86.6 Å². The van der Waals surface area contributed by atoms with Crippen LogP contribution < -0.4 is 5.32 Å². The highest BCUT2D eigenvalue weighted by Gasteiger charge is 2.23. The van der Waals surface area contributed by atoms with E-state index in [9.17, 15) is 14.7 Å². The van der Waals surface area contributed by atoms with Gasteiger partial charge in [-0.2, -0.15) is 0 Å². The Hall–Kier alpha value is -1.88. The minimum atomic E-state index is -0.939. The molecule has 0 saturated heterocycles. The van der Waals surface area contributed by atoms with E-state index < -0.39 is 12.1 Å². The van der Waals surface area contributed by atoms with Crippen LogP contribution in [-0.2, 0) is 4.79 Å². The predicted octanol–water partition coefficient (Wildman–Crippen LogP) is 2.50. The monoisotopic (exact) mass is 305 g/mol. The number of amides is 1. The zero-order chi connectivity index (χ0) is 15.9. The van der Waals surface area contributed by atoms with Crippen molar-refractivity contribution < 1.29 is 19.8 Å². The Kier molecular flexibility index (Phi) is 5.95. The molecular weight excluding hydrogens is 282 g/mol. The smallest absolute Gasteiger partial charge is 0.305 e. The first kappa shape index (κ1) is 16.5. The van der Waals surface area contributed by atoms with Gasteiger partial charge in [0.15, 0.2) is 0 Å². The van der Waals surface area contributed by atoms with Gasteiger partial charge in [-0.05, 0) is 36.5 Å². The molecular formula is C17H23NO4. The molecule has 3 N–H and O–H groups in total. The first-order valence-corrected chi connectivity index (χ1v) is 7.86. The molecule has 1 amide bonds. The van der Waals surface area contributed by atoms with Crippen LogP contribution in [-0.4, -0.2) is 28.6 Å². The van der Waals surface area contributed by atoms with Gasteiger partial charge in [0.1, 0.15) is 0 Å². The van der Waals surface area contributed by atoms with E-state index in [0.29, 0.717) is 11.5 Å². The number of carboxylic acids is 1. The number of benzene rings is 1. The van der Waals surface area contributed by atoms with Crippen LogP contribution >= 0.6 is 0 Å². The summed E-state index contributed by atoms with van der Waals surface area (Å²) >= 11 is 0. The largest absolute Gasteiger partial charge is 0.481 e. The highest BCUT2D eigenvalue weighted by Crippen LogP contribution is 2.34. The van der Waals surface area contributed by atoms with Crippen molar-refractivity contribution in [1.29, 1.82) is 0 Å². The number of hydrogen-bond acceptors (Lipinski definition) is 3. The summed E-state index contributed by atoms with van der Waals surface area (Å²) in [6.45, 7) is 0.112. The normalized spacial score (nSPS) is 17.0. The zero-order valence-electron chi connectivity index (χ0n) is 12.6. The predicted molar refractivity (Wildman–Crippen MR) is 82.6 cm³/mol. The summed E-state index contributed by atoms with van der Waals surface area (Å²) in [4.78, 5) is 22.3. The van der Waals surface area contributed by atoms with Crippen LogP contribution in [0.2, 0.25) is 0 Å². The third kappa shape index (κ3) is 4.56. The summed E-state index contributed by atoms with van der Waals surface area (Å²) in [5, 5.41) is 21.5. The van der Waals surface area contributed by atoms with Gasteiger partial charge in [0, 0.05) is 12.1 Å². The molecule has 2 rings (SSSR count). The van der Waals surface area contributed by atoms with Gasteiger partial charge in [-0.25, -0.2) is 0 Å². The third-order valence-electron chi connectivity index (χ3n) is 4.24. The Labute approximate surface area is 130 Å². The summed E-state index contributed by atoms with van der Waals surface area (Å²) in [6.07, 6.45) is 5.14. The van der Waals surface area contributed by atoms with Gasteiger partial charge in [-0.3, -0.25) is 9.59 Å². The highest BCUT2D eigenvalue weighted by atomic mass is 16.4. The van der Waals surface area contributed by atoms with Crippen molar-refractivity contribution in [2.24, 2.45) is 5.92 Å². The lowest BCUT2D eigenvalue weighted by molar-refractivity contribution is -0.136. The van der Waals surface area contributed by atoms with E-state index in [-0.39, 0.29) is 18.9 Å². The summed E-state index contributed by atoms with van der Waals surface area (Å²) in [5.41, 5.74) is 1.32. The Balaban J connectivity index is 1.91. The van der Waals surface area contributed by atoms with Crippen LogP contribution in [0, 0.1) is 5.92 Å². The number of carboxylic acid groups (broad SMARTS) is 1. The molecule has 22 heavy (non-hydrogen) atoms. The van der Waals surface area contributed by atoms with Crippen molar-refractivity contribution in [3.8, 4) is 0 Å². The van der Waals surface area contributed by atoms with Crippen LogP contribution in [0.3, 0.4) is 0 Å². The van der Waals surface area contributed by atoms with E-state index in [1.165, 1.54) is 19.3 Å². The molecule has 0 aliphatic heterocycles. The number of aliphatic carboxylic acids is 1. The minimum absolute atomic E-state index is 0.0930. The van der Waals surface area contributed by atoms with Gasteiger partial charge in [-0.1, -0.05) is 31.4 Å². The van der Waals surface area contributed by atoms with Gasteiger partial charge < -0.3 is 15.5 Å². The van der Waals surface area contributed by atoms with E-state index in [1.807, 2.05) is 0 Å². The molecule has 1 aliphatic carbocycles. The molecule has 1 atom stereocenters. The van der Waals surface area contributed by atoms with Gasteiger partial charge in [0.2, 0.25) is 0 Å². The zero-order valence-corrected chi connectivity index (χ0v) is 12.6. The number of hydrogen-bond donors (Lipinski definition) is 3. The fraction of sp³-hybridized carbons (Fsp3) is 0.529. The maximum Gasteiger partial charge on any atom is 0.305 e. The van der Waals surface area contributed by atoms with Crippen LogP contribution in [0.25, 0.3) is 0 Å². The molecule has 1 aliphatic rings. The molecule has 0 spiro atoms. The molecule has 0 aromatic heterocycles. The lowest BCUT2D eigenvalue weighted by Gasteiger charge is -2.26. The van der Waals surface area contributed by atoms with E-state index in [1.54, 1.807) is 24.3 Å². The molecule has 1 fully saturated rings. The van der Waals surface area contributed by atoms with Crippen molar-refractivity contribution >= 4 is 11.9 Å². The Morgan fingerprint density at radius 3 is 2.36 bits per heavy atom. The number of aliphatic hydroxyl groups excluding tert-OH is 1. The molecule has 1 saturated carbocycles. The maximum atomic E-state index is 11.8. The van der Waals surface area contributed by atoms with E-state index in [2.05, 4.69) is 5.32 Å². The van der Waals surface area contributed by atoms with Crippen molar-refractivity contribution in [3.05, 3.63) is 35.4 Å². The average molecular weight is 305 g/mol. The van der Waals surface area contributed by atoms with Crippen molar-refractivity contribution in [2.75, 3.05) is 6.54 Å². The van der Waals surface area contributed by atoms with Crippen LogP contribution in [0.5, 0.6) is 0 Å². The lowest BCUT2D eigenvalue weighted by atomic mass is 9.82. The van der Waals surface area contributed by atoms with E-state index >= 15 is 0 Å². The second-order valence-corrected chi connectivity index (χ2v) is 5.86. The molecule has 0 unspecified atom stereocenters. The Morgan fingerprint density at radius 2 is 1.77 bits per heavy atom. The molecule has 0 radical (unpaired) electrons. The molecule has 1 aromatic carbocycles. The van der Waals surface area contributed by atoms with Gasteiger partial charge in [0.25, 0.3) is 5.91 Å². The number of carbonyl (C=O) groups is 2. The average Bonchev–Trinajstić information content (AvgIpc) is 2.54. The maximum absolute atomic E-state index is 11.8. The molecule has 5 nitrogen and oxygen atoms in total. The summed E-state index contributed by atoms with van der Waals surface area (Å²) in [7, 11) is 0. The number of aliphatic hydroxyl groups is 1. The van der Waals surface area contributed by atoms with Gasteiger partial charge in [-0.15, -0.1) is 0 Å². The quantitative estimate of drug-likeness (QED) is 0.753. The Morgan fingerprint density at radius 1 is 1.14 bits per heavy atom. The van der Waals surface area contributed by atoms with Gasteiger partial charge in [0.05, 0.1) is 12.5 Å². The first-order chi connectivity index (χ1) is 10.6. The second-order valence-electron chi connectivity index (χ2n) is 5.86. The fourth-order valence-electron chi connectivity index (χ4n) is 2.94. The first-order valence-electron chi connectivity index (χ1n) is 7.86. The number of nitrogens with one attached hydrogen (secondary N) is 1. The van der Waals surface area contributed by atoms with Crippen LogP contribution in [0.15, 0.2) is 24.3 Å². The molecule has 120 valence electrons. The molecule has 0 heterocycles. The highest BCUT2D eigenvalue weighted by molar-refractivity contribution is 5.94. The number of carbonyl (C=O) groups excluding carboxylic acids is 1. The Bertz CT molecular complexity index is 506. The van der Waals surface area contributed by atoms with Crippen LogP contribution in [0.4, 0.5) is 0 Å². The summed E-state index contributed by atoms with van der Waals surface area (Å²) < 4.78 is 0. The number of rotatable bonds is 6. The van der Waals surface area contributed by atoms with Crippen LogP contribution in [0.1, 0.15) is 60.6 Å². The standard InChI is InChI=1S/C17H23NO4/c19-15(20)10-11-18-17(22)14-8-6-13(7-9-14)16(21)12-4-2-1-3-5-12/h6-9,12,16,21H,1-5,10-11H2,(H,18,22)(H,19,20)/t16-/m1/s1. The van der Waals surface area contributed by atoms with Crippen molar-refractivity contribution in [1.82, 2.24) is 5.32 Å². The minimum Gasteiger partial charge on any atom is -0.481 e. The van der Waals surface area contributed by atoms with Crippen molar-refractivity contribution in [2.45, 2.75) is 44.6 Å². The fourth-order valence-corrected chi connectivity index (χ4v) is 2.94. The second kappa shape index (κ2) is 7.94. The van der Waals surface area contributed by atoms with E-state index in [4.69, 9.17) is 5.11 Å². The molecule has 1 aromatic rings. The van der Waals surface area contributed by atoms with Gasteiger partial charge >= 0.3 is 5.97 Å². The van der Waals surface area contributed by atoms with E-state index in [0.717, 1.165) is 18.4 Å². The summed E-state index contributed by atoms with van der Waals surface area (Å²) in [5.74, 6) is -0.921. The summed E-state index contributed by atoms with van der Waals surface area (Å²) in [6, 6.07) is 6.92. The molecule has 5 heteroatoms. The third-order valence-corrected chi connectivity index (χ3v) is 4.24. The van der Waals surface area contributed by atoms with Crippen molar-refractivity contribution in [3.63, 3.8) is 0 Å².